The molecule has 0 bridgehead atoms. The Morgan fingerprint density at radius 3 is 2.43 bits per heavy atom. The van der Waals surface area contributed by atoms with Crippen LogP contribution < -0.4 is 10.2 Å². The molecule has 0 saturated carbocycles. The van der Waals surface area contributed by atoms with E-state index in [4.69, 9.17) is 4.74 Å². The average molecular weight is 404 g/mol. The summed E-state index contributed by atoms with van der Waals surface area (Å²) in [6, 6.07) is 10.6. The van der Waals surface area contributed by atoms with E-state index < -0.39 is 0 Å². The normalized spacial score (nSPS) is 15.6. The number of methoxy groups -OCH3 is 1. The first kappa shape index (κ1) is 18.0. The number of para-hydroxylation sites is 1. The Hall–Kier alpha value is -1.02. The number of ether oxygens (including phenoxy) is 1. The highest BCUT2D eigenvalue weighted by Gasteiger charge is 2.19. The first-order valence-electron chi connectivity index (χ1n) is 7.09. The van der Waals surface area contributed by atoms with Crippen LogP contribution >= 0.6 is 24.0 Å². The summed E-state index contributed by atoms with van der Waals surface area (Å²) in [5.74, 6) is 0.967. The molecule has 118 valence electrons. The second-order valence-corrected chi connectivity index (χ2v) is 4.78. The zero-order valence-electron chi connectivity index (χ0n) is 12.8. The largest absolute Gasteiger partial charge is 0.383 e. The third-order valence-electron chi connectivity index (χ3n) is 3.50. The number of halogens is 1. The molecule has 1 N–H and O–H groups in total. The van der Waals surface area contributed by atoms with Crippen LogP contribution in [0.25, 0.3) is 0 Å². The second kappa shape index (κ2) is 9.83. The number of hydrogen-bond acceptors (Lipinski definition) is 3. The van der Waals surface area contributed by atoms with Gasteiger partial charge in [0.2, 0.25) is 0 Å². The monoisotopic (exact) mass is 404 g/mol. The lowest BCUT2D eigenvalue weighted by Gasteiger charge is -2.37. The molecular formula is C15H25IN4O. The van der Waals surface area contributed by atoms with E-state index in [0.717, 1.165) is 38.7 Å². The van der Waals surface area contributed by atoms with E-state index in [1.54, 1.807) is 7.11 Å². The van der Waals surface area contributed by atoms with Crippen molar-refractivity contribution >= 4 is 35.6 Å². The maximum Gasteiger partial charge on any atom is 0.193 e. The topological polar surface area (TPSA) is 40.1 Å². The first-order chi connectivity index (χ1) is 9.85. The first-order valence-corrected chi connectivity index (χ1v) is 7.09. The van der Waals surface area contributed by atoms with Crippen molar-refractivity contribution in [2.75, 3.05) is 58.4 Å². The molecular weight excluding hydrogens is 379 g/mol. The van der Waals surface area contributed by atoms with E-state index in [-0.39, 0.29) is 24.0 Å². The maximum absolute atomic E-state index is 5.05. The predicted molar refractivity (Wildman–Crippen MR) is 98.9 cm³/mol. The van der Waals surface area contributed by atoms with Gasteiger partial charge < -0.3 is 19.9 Å². The average Bonchev–Trinajstić information content (AvgIpc) is 2.53. The van der Waals surface area contributed by atoms with E-state index in [9.17, 15) is 0 Å². The molecule has 1 aromatic rings. The van der Waals surface area contributed by atoms with Crippen LogP contribution in [0.15, 0.2) is 35.3 Å². The van der Waals surface area contributed by atoms with E-state index in [1.807, 2.05) is 7.05 Å². The Balaban J connectivity index is 0.00000220. The van der Waals surface area contributed by atoms with Crippen LogP contribution in [0.3, 0.4) is 0 Å². The van der Waals surface area contributed by atoms with Gasteiger partial charge in [-0.05, 0) is 12.1 Å². The van der Waals surface area contributed by atoms with Crippen molar-refractivity contribution in [3.63, 3.8) is 0 Å². The van der Waals surface area contributed by atoms with Crippen LogP contribution in [0.2, 0.25) is 0 Å². The summed E-state index contributed by atoms with van der Waals surface area (Å²) in [7, 11) is 3.54. The van der Waals surface area contributed by atoms with Crippen molar-refractivity contribution in [3.05, 3.63) is 30.3 Å². The molecule has 21 heavy (non-hydrogen) atoms. The molecule has 1 aliphatic heterocycles. The minimum Gasteiger partial charge on any atom is -0.383 e. The lowest BCUT2D eigenvalue weighted by Crippen LogP contribution is -2.53. The van der Waals surface area contributed by atoms with Gasteiger partial charge in [-0.2, -0.15) is 0 Å². The lowest BCUT2D eigenvalue weighted by molar-refractivity contribution is 0.202. The molecule has 2 rings (SSSR count). The zero-order chi connectivity index (χ0) is 14.2. The van der Waals surface area contributed by atoms with Gasteiger partial charge in [-0.25, -0.2) is 0 Å². The zero-order valence-corrected chi connectivity index (χ0v) is 15.1. The molecule has 0 amide bonds. The Labute approximate surface area is 144 Å². The van der Waals surface area contributed by atoms with Crippen LogP contribution in [0.1, 0.15) is 0 Å². The van der Waals surface area contributed by atoms with Crippen molar-refractivity contribution in [1.82, 2.24) is 10.2 Å². The summed E-state index contributed by atoms with van der Waals surface area (Å²) >= 11 is 0. The SMILES string of the molecule is CN=C(NCCOC)N1CCN(c2ccccc2)CC1.I. The van der Waals surface area contributed by atoms with Gasteiger partial charge in [0.05, 0.1) is 6.61 Å². The molecule has 0 atom stereocenters. The van der Waals surface area contributed by atoms with Gasteiger partial charge in [0.15, 0.2) is 5.96 Å². The third-order valence-corrected chi connectivity index (χ3v) is 3.50. The summed E-state index contributed by atoms with van der Waals surface area (Å²) < 4.78 is 5.05. The van der Waals surface area contributed by atoms with Gasteiger partial charge in [-0.15, -0.1) is 24.0 Å². The standard InChI is InChI=1S/C15H24N4O.HI/c1-16-15(17-8-13-20-2)19-11-9-18(10-12-19)14-6-4-3-5-7-14;/h3-7H,8-13H2,1-2H3,(H,16,17);1H. The van der Waals surface area contributed by atoms with Crippen LogP contribution in [0, 0.1) is 0 Å². The molecule has 1 heterocycles. The predicted octanol–water partition coefficient (Wildman–Crippen LogP) is 1.65. The smallest absolute Gasteiger partial charge is 0.193 e. The van der Waals surface area contributed by atoms with Gasteiger partial charge in [0.25, 0.3) is 0 Å². The van der Waals surface area contributed by atoms with Crippen LogP contribution in [-0.4, -0.2) is 64.3 Å². The number of anilines is 1. The second-order valence-electron chi connectivity index (χ2n) is 4.78. The molecule has 6 heteroatoms. The fourth-order valence-electron chi connectivity index (χ4n) is 2.41. The summed E-state index contributed by atoms with van der Waals surface area (Å²) in [5, 5.41) is 3.33. The van der Waals surface area contributed by atoms with Gasteiger partial charge in [0.1, 0.15) is 0 Å². The molecule has 1 saturated heterocycles. The highest BCUT2D eigenvalue weighted by molar-refractivity contribution is 14.0. The van der Waals surface area contributed by atoms with Crippen LogP contribution in [0.5, 0.6) is 0 Å². The van der Waals surface area contributed by atoms with E-state index in [1.165, 1.54) is 5.69 Å². The number of guanidine groups is 1. The number of aliphatic imine (C=N–C) groups is 1. The minimum atomic E-state index is 0. The van der Waals surface area contributed by atoms with Gasteiger partial charge >= 0.3 is 0 Å². The van der Waals surface area contributed by atoms with Crippen LogP contribution in [0.4, 0.5) is 5.69 Å². The van der Waals surface area contributed by atoms with Crippen molar-refractivity contribution in [1.29, 1.82) is 0 Å². The highest BCUT2D eigenvalue weighted by Crippen LogP contribution is 2.15. The molecule has 1 aromatic carbocycles. The Bertz CT molecular complexity index is 419. The molecule has 0 unspecified atom stereocenters. The maximum atomic E-state index is 5.05. The fourth-order valence-corrected chi connectivity index (χ4v) is 2.41. The number of piperazine rings is 1. The molecule has 1 fully saturated rings. The number of rotatable bonds is 4. The van der Waals surface area contributed by atoms with Crippen LogP contribution in [-0.2, 0) is 4.74 Å². The van der Waals surface area contributed by atoms with E-state index in [0.29, 0.717) is 6.61 Å². The van der Waals surface area contributed by atoms with Gasteiger partial charge in [-0.1, -0.05) is 18.2 Å². The van der Waals surface area contributed by atoms with E-state index >= 15 is 0 Å². The Morgan fingerprint density at radius 2 is 1.86 bits per heavy atom. The lowest BCUT2D eigenvalue weighted by atomic mass is 10.2. The minimum absolute atomic E-state index is 0. The number of nitrogens with one attached hydrogen (secondary N) is 1. The molecule has 0 aliphatic carbocycles. The van der Waals surface area contributed by atoms with E-state index in [2.05, 4.69) is 50.4 Å². The molecule has 1 aliphatic rings. The van der Waals surface area contributed by atoms with Crippen molar-refractivity contribution in [2.45, 2.75) is 0 Å². The quantitative estimate of drug-likeness (QED) is 0.359. The van der Waals surface area contributed by atoms with Crippen molar-refractivity contribution < 1.29 is 4.74 Å². The number of hydrogen-bond donors (Lipinski definition) is 1. The molecule has 0 aromatic heterocycles. The molecule has 0 spiro atoms. The van der Waals surface area contributed by atoms with Crippen molar-refractivity contribution in [2.24, 2.45) is 4.99 Å². The fraction of sp³-hybridized carbons (Fsp3) is 0.533. The summed E-state index contributed by atoms with van der Waals surface area (Å²) in [4.78, 5) is 9.06. The third kappa shape index (κ3) is 5.35. The molecule has 5 nitrogen and oxygen atoms in total. The molecule has 0 radical (unpaired) electrons. The number of nitrogens with zero attached hydrogens (tertiary/aromatic N) is 3. The highest BCUT2D eigenvalue weighted by atomic mass is 127. The number of benzene rings is 1. The Kier molecular flexibility index (Phi) is 8.44. The summed E-state index contributed by atoms with van der Waals surface area (Å²) in [5.41, 5.74) is 1.30. The summed E-state index contributed by atoms with van der Waals surface area (Å²) in [6.45, 7) is 5.51. The van der Waals surface area contributed by atoms with Gasteiger partial charge in [-0.3, -0.25) is 4.99 Å². The van der Waals surface area contributed by atoms with Crippen molar-refractivity contribution in [3.8, 4) is 0 Å². The van der Waals surface area contributed by atoms with Gasteiger partial charge in [0, 0.05) is 52.6 Å². The Morgan fingerprint density at radius 1 is 1.19 bits per heavy atom. The summed E-state index contributed by atoms with van der Waals surface area (Å²) in [6.07, 6.45) is 0.